The van der Waals surface area contributed by atoms with Crippen molar-refractivity contribution in [3.8, 4) is 0 Å². The molecule has 0 saturated carbocycles. The van der Waals surface area contributed by atoms with E-state index in [1.54, 1.807) is 11.0 Å². The lowest BCUT2D eigenvalue weighted by Crippen LogP contribution is -2.45. The molecular weight excluding hydrogens is 280 g/mol. The van der Waals surface area contributed by atoms with Crippen molar-refractivity contribution >= 4 is 17.5 Å². The maximum absolute atomic E-state index is 12.6. The van der Waals surface area contributed by atoms with Gasteiger partial charge in [-0.1, -0.05) is 24.3 Å². The van der Waals surface area contributed by atoms with E-state index in [9.17, 15) is 14.7 Å². The van der Waals surface area contributed by atoms with Gasteiger partial charge in [-0.15, -0.1) is 6.58 Å². The molecule has 1 fully saturated rings. The zero-order valence-corrected chi connectivity index (χ0v) is 12.6. The number of rotatable bonds is 5. The number of likely N-dealkylation sites (tertiary alicyclic amines) is 1. The van der Waals surface area contributed by atoms with Crippen LogP contribution in [0.25, 0.3) is 0 Å². The average molecular weight is 302 g/mol. The van der Waals surface area contributed by atoms with E-state index in [4.69, 9.17) is 0 Å². The minimum atomic E-state index is -0.986. The summed E-state index contributed by atoms with van der Waals surface area (Å²) in [7, 11) is 0. The van der Waals surface area contributed by atoms with Gasteiger partial charge in [-0.25, -0.2) is 0 Å². The van der Waals surface area contributed by atoms with Gasteiger partial charge in [0, 0.05) is 18.8 Å². The van der Waals surface area contributed by atoms with Crippen LogP contribution in [0, 0.1) is 0 Å². The molecule has 1 atom stereocenters. The first-order valence-electron chi connectivity index (χ1n) is 7.56. The van der Waals surface area contributed by atoms with Gasteiger partial charge in [-0.3, -0.25) is 9.59 Å². The number of hydrogen-bond acceptors (Lipinski definition) is 3. The first-order valence-corrected chi connectivity index (χ1v) is 7.56. The van der Waals surface area contributed by atoms with E-state index in [0.717, 1.165) is 18.5 Å². The van der Waals surface area contributed by atoms with Gasteiger partial charge in [-0.05, 0) is 31.4 Å². The summed E-state index contributed by atoms with van der Waals surface area (Å²) in [6.07, 6.45) is 2.75. The van der Waals surface area contributed by atoms with Crippen molar-refractivity contribution in [3.05, 3.63) is 43.0 Å². The van der Waals surface area contributed by atoms with Crippen molar-refractivity contribution in [2.75, 3.05) is 24.5 Å². The second kappa shape index (κ2) is 7.75. The van der Waals surface area contributed by atoms with E-state index in [2.05, 4.69) is 6.58 Å². The number of anilines is 1. The van der Waals surface area contributed by atoms with Gasteiger partial charge in [0.25, 0.3) is 5.91 Å². The van der Waals surface area contributed by atoms with Crippen LogP contribution in [0.2, 0.25) is 0 Å². The number of amides is 2. The molecule has 5 heteroatoms. The normalized spacial score (nSPS) is 18.7. The van der Waals surface area contributed by atoms with Crippen LogP contribution < -0.4 is 4.90 Å². The third-order valence-electron chi connectivity index (χ3n) is 3.76. The standard InChI is InChI=1S/C17H22N2O3/c1-2-11-19(14-8-4-3-5-9-14)16(21)13-18-12-7-6-10-15(20)17(18)22/h2-5,8-9,15,20H,1,6-7,10-13H2. The first-order chi connectivity index (χ1) is 10.6. The number of para-hydroxylation sites is 1. The van der Waals surface area contributed by atoms with E-state index in [-0.39, 0.29) is 18.4 Å². The highest BCUT2D eigenvalue weighted by Gasteiger charge is 2.28. The predicted molar refractivity (Wildman–Crippen MR) is 85.4 cm³/mol. The van der Waals surface area contributed by atoms with Gasteiger partial charge in [0.2, 0.25) is 5.91 Å². The van der Waals surface area contributed by atoms with Crippen LogP contribution in [0.1, 0.15) is 19.3 Å². The summed E-state index contributed by atoms with van der Waals surface area (Å²) in [4.78, 5) is 27.7. The summed E-state index contributed by atoms with van der Waals surface area (Å²) in [5.74, 6) is -0.522. The van der Waals surface area contributed by atoms with Crippen molar-refractivity contribution in [2.45, 2.75) is 25.4 Å². The topological polar surface area (TPSA) is 60.9 Å². The Balaban J connectivity index is 2.10. The summed E-state index contributed by atoms with van der Waals surface area (Å²) < 4.78 is 0. The van der Waals surface area contributed by atoms with Gasteiger partial charge >= 0.3 is 0 Å². The summed E-state index contributed by atoms with van der Waals surface area (Å²) in [5.41, 5.74) is 0.773. The molecule has 0 spiro atoms. The molecule has 5 nitrogen and oxygen atoms in total. The van der Waals surface area contributed by atoms with Crippen molar-refractivity contribution in [3.63, 3.8) is 0 Å². The summed E-state index contributed by atoms with van der Waals surface area (Å²) >= 11 is 0. The molecule has 22 heavy (non-hydrogen) atoms. The molecule has 1 heterocycles. The average Bonchev–Trinajstić information content (AvgIpc) is 2.69. The Kier molecular flexibility index (Phi) is 5.72. The molecule has 1 aliphatic rings. The van der Waals surface area contributed by atoms with Gasteiger partial charge in [0.15, 0.2) is 0 Å². The lowest BCUT2D eigenvalue weighted by atomic mass is 10.2. The number of benzene rings is 1. The van der Waals surface area contributed by atoms with E-state index in [1.165, 1.54) is 4.90 Å². The minimum Gasteiger partial charge on any atom is -0.383 e. The maximum atomic E-state index is 12.6. The Bertz CT molecular complexity index is 530. The smallest absolute Gasteiger partial charge is 0.251 e. The number of hydrogen-bond donors (Lipinski definition) is 1. The molecule has 1 saturated heterocycles. The third-order valence-corrected chi connectivity index (χ3v) is 3.76. The molecule has 0 aliphatic carbocycles. The van der Waals surface area contributed by atoms with E-state index in [0.29, 0.717) is 19.5 Å². The Hall–Kier alpha value is -2.14. The molecule has 1 aromatic rings. The van der Waals surface area contributed by atoms with Crippen LogP contribution in [-0.4, -0.2) is 47.6 Å². The van der Waals surface area contributed by atoms with Crippen molar-refractivity contribution < 1.29 is 14.7 Å². The molecule has 118 valence electrons. The molecule has 1 aliphatic heterocycles. The lowest BCUT2D eigenvalue weighted by molar-refractivity contribution is -0.142. The van der Waals surface area contributed by atoms with Gasteiger partial charge < -0.3 is 14.9 Å². The number of carbonyl (C=O) groups excluding carboxylic acids is 2. The highest BCUT2D eigenvalue weighted by Crippen LogP contribution is 2.16. The number of carbonyl (C=O) groups is 2. The fourth-order valence-electron chi connectivity index (χ4n) is 2.58. The Morgan fingerprint density at radius 3 is 2.77 bits per heavy atom. The van der Waals surface area contributed by atoms with E-state index < -0.39 is 6.10 Å². The maximum Gasteiger partial charge on any atom is 0.251 e. The van der Waals surface area contributed by atoms with Gasteiger partial charge in [0.1, 0.15) is 12.6 Å². The quantitative estimate of drug-likeness (QED) is 0.840. The highest BCUT2D eigenvalue weighted by atomic mass is 16.3. The zero-order valence-electron chi connectivity index (χ0n) is 12.6. The number of nitrogens with zero attached hydrogens (tertiary/aromatic N) is 2. The lowest BCUT2D eigenvalue weighted by Gasteiger charge is -2.27. The van der Waals surface area contributed by atoms with E-state index >= 15 is 0 Å². The number of aliphatic hydroxyl groups is 1. The van der Waals surface area contributed by atoms with Gasteiger partial charge in [-0.2, -0.15) is 0 Å². The van der Waals surface area contributed by atoms with Crippen molar-refractivity contribution in [1.82, 2.24) is 4.90 Å². The van der Waals surface area contributed by atoms with Crippen molar-refractivity contribution in [2.24, 2.45) is 0 Å². The molecule has 0 aromatic heterocycles. The van der Waals surface area contributed by atoms with Crippen LogP contribution in [0.3, 0.4) is 0 Å². The van der Waals surface area contributed by atoms with Crippen LogP contribution in [0.15, 0.2) is 43.0 Å². The molecule has 1 unspecified atom stereocenters. The molecule has 1 aromatic carbocycles. The third kappa shape index (κ3) is 3.95. The highest BCUT2D eigenvalue weighted by molar-refractivity contribution is 5.97. The van der Waals surface area contributed by atoms with Crippen LogP contribution in [0.5, 0.6) is 0 Å². The van der Waals surface area contributed by atoms with E-state index in [1.807, 2.05) is 30.3 Å². The molecule has 0 radical (unpaired) electrons. The minimum absolute atomic E-state index is 0.0153. The molecule has 2 amide bonds. The fraction of sp³-hybridized carbons (Fsp3) is 0.412. The second-order valence-electron chi connectivity index (χ2n) is 5.40. The Morgan fingerprint density at radius 1 is 1.36 bits per heavy atom. The van der Waals surface area contributed by atoms with Crippen LogP contribution >= 0.6 is 0 Å². The fourth-order valence-corrected chi connectivity index (χ4v) is 2.58. The largest absolute Gasteiger partial charge is 0.383 e. The Morgan fingerprint density at radius 2 is 2.09 bits per heavy atom. The number of aliphatic hydroxyl groups excluding tert-OH is 1. The zero-order chi connectivity index (χ0) is 15.9. The summed E-state index contributed by atoms with van der Waals surface area (Å²) in [5, 5.41) is 9.77. The van der Waals surface area contributed by atoms with Crippen molar-refractivity contribution in [1.29, 1.82) is 0 Å². The first kappa shape index (κ1) is 16.2. The Labute approximate surface area is 130 Å². The molecular formula is C17H22N2O3. The molecule has 0 bridgehead atoms. The van der Waals surface area contributed by atoms with Crippen LogP contribution in [0.4, 0.5) is 5.69 Å². The summed E-state index contributed by atoms with van der Waals surface area (Å²) in [6, 6.07) is 9.30. The predicted octanol–water partition coefficient (Wildman–Crippen LogP) is 1.58. The summed E-state index contributed by atoms with van der Waals surface area (Å²) in [6.45, 7) is 4.56. The molecule has 1 N–H and O–H groups in total. The van der Waals surface area contributed by atoms with Crippen LogP contribution in [-0.2, 0) is 9.59 Å². The monoisotopic (exact) mass is 302 g/mol. The second-order valence-corrected chi connectivity index (χ2v) is 5.40. The van der Waals surface area contributed by atoms with Gasteiger partial charge in [0.05, 0.1) is 0 Å². The SMILES string of the molecule is C=CCN(C(=O)CN1CCCCC(O)C1=O)c1ccccc1. The molecule has 2 rings (SSSR count).